The van der Waals surface area contributed by atoms with Gasteiger partial charge in [0.2, 0.25) is 0 Å². The molecule has 1 aliphatic rings. The molecule has 0 spiro atoms. The molecule has 20 heavy (non-hydrogen) atoms. The quantitative estimate of drug-likeness (QED) is 0.662. The Kier molecular flexibility index (Phi) is 6.96. The van der Waals surface area contributed by atoms with Crippen molar-refractivity contribution in [1.29, 1.82) is 0 Å². The molecule has 0 aromatic carbocycles. The van der Waals surface area contributed by atoms with Gasteiger partial charge in [-0.15, -0.1) is 0 Å². The zero-order chi connectivity index (χ0) is 15.2. The van der Waals surface area contributed by atoms with Crippen LogP contribution in [0.25, 0.3) is 0 Å². The van der Waals surface area contributed by atoms with E-state index < -0.39 is 5.54 Å². The van der Waals surface area contributed by atoms with Crippen LogP contribution in [0.4, 0.5) is 0 Å². The van der Waals surface area contributed by atoms with Crippen LogP contribution < -0.4 is 5.32 Å². The van der Waals surface area contributed by atoms with E-state index in [4.69, 9.17) is 9.47 Å². The zero-order valence-electron chi connectivity index (χ0n) is 13.7. The van der Waals surface area contributed by atoms with Crippen molar-refractivity contribution in [3.63, 3.8) is 0 Å². The summed E-state index contributed by atoms with van der Waals surface area (Å²) in [7, 11) is 1.44. The molecule has 1 saturated carbocycles. The van der Waals surface area contributed by atoms with E-state index in [-0.39, 0.29) is 18.1 Å². The van der Waals surface area contributed by atoms with Crippen LogP contribution in [0.5, 0.6) is 0 Å². The number of ether oxygens (including phenoxy) is 2. The molecule has 0 heterocycles. The monoisotopic (exact) mass is 285 g/mol. The first-order chi connectivity index (χ1) is 9.37. The first-order valence-corrected chi connectivity index (χ1v) is 7.85. The van der Waals surface area contributed by atoms with E-state index in [0.29, 0.717) is 6.42 Å². The van der Waals surface area contributed by atoms with E-state index in [9.17, 15) is 4.79 Å². The zero-order valence-corrected chi connectivity index (χ0v) is 13.7. The molecule has 4 heteroatoms. The highest BCUT2D eigenvalue weighted by atomic mass is 16.5. The van der Waals surface area contributed by atoms with Gasteiger partial charge in [-0.1, -0.05) is 19.3 Å². The molecule has 1 fully saturated rings. The minimum absolute atomic E-state index is 0.0467. The molecule has 2 atom stereocenters. The topological polar surface area (TPSA) is 47.6 Å². The molecular formula is C16H31NO3. The third-order valence-electron chi connectivity index (χ3n) is 4.09. The lowest BCUT2D eigenvalue weighted by atomic mass is 9.83. The van der Waals surface area contributed by atoms with Gasteiger partial charge in [0, 0.05) is 19.1 Å². The maximum atomic E-state index is 12.0. The summed E-state index contributed by atoms with van der Waals surface area (Å²) < 4.78 is 10.8. The Morgan fingerprint density at radius 3 is 2.45 bits per heavy atom. The van der Waals surface area contributed by atoms with E-state index in [0.717, 1.165) is 18.9 Å². The van der Waals surface area contributed by atoms with Gasteiger partial charge in [0.1, 0.15) is 5.54 Å². The van der Waals surface area contributed by atoms with E-state index in [1.165, 1.54) is 26.4 Å². The Hall–Kier alpha value is -0.610. The third-order valence-corrected chi connectivity index (χ3v) is 4.09. The fourth-order valence-corrected chi connectivity index (χ4v) is 2.91. The van der Waals surface area contributed by atoms with Crippen LogP contribution in [0.2, 0.25) is 0 Å². The van der Waals surface area contributed by atoms with Gasteiger partial charge in [0.15, 0.2) is 0 Å². The highest BCUT2D eigenvalue weighted by Crippen LogP contribution is 2.29. The molecule has 0 amide bonds. The van der Waals surface area contributed by atoms with Crippen LogP contribution in [0.1, 0.15) is 59.8 Å². The molecule has 0 aromatic rings. The highest BCUT2D eigenvalue weighted by Gasteiger charge is 2.36. The van der Waals surface area contributed by atoms with Gasteiger partial charge in [0.25, 0.3) is 0 Å². The van der Waals surface area contributed by atoms with Gasteiger partial charge < -0.3 is 9.47 Å². The highest BCUT2D eigenvalue weighted by molar-refractivity contribution is 5.80. The SMILES string of the molecule is COC(=O)C(C)(CC(C)OCCC1CCC1)NC(C)C. The number of carbonyl (C=O) groups is 1. The number of esters is 1. The largest absolute Gasteiger partial charge is 0.468 e. The van der Waals surface area contributed by atoms with Gasteiger partial charge in [-0.25, -0.2) is 0 Å². The van der Waals surface area contributed by atoms with Crippen LogP contribution in [-0.2, 0) is 14.3 Å². The van der Waals surface area contributed by atoms with Crippen molar-refractivity contribution < 1.29 is 14.3 Å². The fraction of sp³-hybridized carbons (Fsp3) is 0.938. The summed E-state index contributed by atoms with van der Waals surface area (Å²) in [5.41, 5.74) is -0.682. The van der Waals surface area contributed by atoms with Crippen molar-refractivity contribution in [3.05, 3.63) is 0 Å². The second kappa shape index (κ2) is 7.99. The summed E-state index contributed by atoms with van der Waals surface area (Å²) in [6.07, 6.45) is 5.91. The van der Waals surface area contributed by atoms with Gasteiger partial charge >= 0.3 is 5.97 Å². The van der Waals surface area contributed by atoms with Crippen LogP contribution in [0.15, 0.2) is 0 Å². The molecule has 118 valence electrons. The molecule has 1 rings (SSSR count). The van der Waals surface area contributed by atoms with E-state index >= 15 is 0 Å². The number of rotatable bonds is 9. The summed E-state index contributed by atoms with van der Waals surface area (Å²) in [6, 6.07) is 0.223. The predicted octanol–water partition coefficient (Wildman–Crippen LogP) is 2.90. The average Bonchev–Trinajstić information content (AvgIpc) is 2.30. The second-order valence-corrected chi connectivity index (χ2v) is 6.59. The minimum Gasteiger partial charge on any atom is -0.468 e. The maximum Gasteiger partial charge on any atom is 0.325 e. The Labute approximate surface area is 123 Å². The summed E-state index contributed by atoms with van der Waals surface area (Å²) in [4.78, 5) is 12.0. The molecule has 0 bridgehead atoms. The van der Waals surface area contributed by atoms with Crippen molar-refractivity contribution in [2.45, 2.75) is 77.5 Å². The third kappa shape index (κ3) is 5.41. The predicted molar refractivity (Wildman–Crippen MR) is 80.7 cm³/mol. The van der Waals surface area contributed by atoms with Gasteiger partial charge in [-0.05, 0) is 40.0 Å². The summed E-state index contributed by atoms with van der Waals surface area (Å²) in [6.45, 7) is 8.78. The van der Waals surface area contributed by atoms with E-state index in [2.05, 4.69) is 5.32 Å². The normalized spacial score (nSPS) is 20.3. The standard InChI is InChI=1S/C16H31NO3/c1-12(2)17-16(4,15(18)19-5)11-13(3)20-10-9-14-7-6-8-14/h12-14,17H,6-11H2,1-5H3. The number of methoxy groups -OCH3 is 1. The first kappa shape index (κ1) is 17.4. The number of hydrogen-bond donors (Lipinski definition) is 1. The van der Waals surface area contributed by atoms with E-state index in [1.807, 2.05) is 27.7 Å². The van der Waals surface area contributed by atoms with Crippen molar-refractivity contribution in [1.82, 2.24) is 5.32 Å². The Bertz CT molecular complexity index is 302. The van der Waals surface area contributed by atoms with Crippen LogP contribution in [-0.4, -0.2) is 37.4 Å². The summed E-state index contributed by atoms with van der Waals surface area (Å²) in [5.74, 6) is 0.642. The lowest BCUT2D eigenvalue weighted by Gasteiger charge is -2.33. The van der Waals surface area contributed by atoms with Crippen molar-refractivity contribution >= 4 is 5.97 Å². The Balaban J connectivity index is 2.39. The van der Waals surface area contributed by atoms with Crippen molar-refractivity contribution in [2.75, 3.05) is 13.7 Å². The molecule has 2 unspecified atom stereocenters. The van der Waals surface area contributed by atoms with Gasteiger partial charge in [-0.3, -0.25) is 10.1 Å². The van der Waals surface area contributed by atoms with Crippen molar-refractivity contribution in [3.8, 4) is 0 Å². The number of carbonyl (C=O) groups excluding carboxylic acids is 1. The molecular weight excluding hydrogens is 254 g/mol. The lowest BCUT2D eigenvalue weighted by molar-refractivity contribution is -0.150. The van der Waals surface area contributed by atoms with E-state index in [1.54, 1.807) is 0 Å². The molecule has 0 radical (unpaired) electrons. The van der Waals surface area contributed by atoms with Crippen LogP contribution >= 0.6 is 0 Å². The average molecular weight is 285 g/mol. The van der Waals surface area contributed by atoms with Crippen molar-refractivity contribution in [2.24, 2.45) is 5.92 Å². The van der Waals surface area contributed by atoms with Gasteiger partial charge in [-0.2, -0.15) is 0 Å². The number of hydrogen-bond acceptors (Lipinski definition) is 4. The first-order valence-electron chi connectivity index (χ1n) is 7.85. The molecule has 1 N–H and O–H groups in total. The minimum atomic E-state index is -0.682. The van der Waals surface area contributed by atoms with Crippen LogP contribution in [0, 0.1) is 5.92 Å². The lowest BCUT2D eigenvalue weighted by Crippen LogP contribution is -2.54. The molecule has 1 aliphatic carbocycles. The summed E-state index contributed by atoms with van der Waals surface area (Å²) >= 11 is 0. The molecule has 4 nitrogen and oxygen atoms in total. The number of nitrogens with one attached hydrogen (secondary N) is 1. The Morgan fingerprint density at radius 2 is 2.00 bits per heavy atom. The summed E-state index contributed by atoms with van der Waals surface area (Å²) in [5, 5.41) is 3.30. The molecule has 0 aromatic heterocycles. The smallest absolute Gasteiger partial charge is 0.325 e. The molecule has 0 saturated heterocycles. The van der Waals surface area contributed by atoms with Crippen LogP contribution in [0.3, 0.4) is 0 Å². The molecule has 0 aliphatic heterocycles. The second-order valence-electron chi connectivity index (χ2n) is 6.59. The Morgan fingerprint density at radius 1 is 1.35 bits per heavy atom. The van der Waals surface area contributed by atoms with Gasteiger partial charge in [0.05, 0.1) is 13.2 Å². The maximum absolute atomic E-state index is 12.0. The fourth-order valence-electron chi connectivity index (χ4n) is 2.91.